The summed E-state index contributed by atoms with van der Waals surface area (Å²) in [6, 6.07) is 12.3. The van der Waals surface area contributed by atoms with Gasteiger partial charge in [-0.05, 0) is 42.3 Å². The van der Waals surface area contributed by atoms with Crippen LogP contribution in [0.4, 0.5) is 24.5 Å². The number of hydrogen-bond acceptors (Lipinski definition) is 2. The van der Waals surface area contributed by atoms with E-state index in [9.17, 15) is 18.0 Å². The lowest BCUT2D eigenvalue weighted by Crippen LogP contribution is -2.31. The second-order valence-corrected chi connectivity index (χ2v) is 5.42. The van der Waals surface area contributed by atoms with Crippen molar-refractivity contribution in [1.29, 1.82) is 0 Å². The Morgan fingerprint density at radius 2 is 1.78 bits per heavy atom. The maximum Gasteiger partial charge on any atom is 0.416 e. The van der Waals surface area contributed by atoms with Gasteiger partial charge in [0.05, 0.1) is 12.1 Å². The van der Waals surface area contributed by atoms with Crippen molar-refractivity contribution in [3.05, 3.63) is 59.7 Å². The predicted molar refractivity (Wildman–Crippen MR) is 82.4 cm³/mol. The van der Waals surface area contributed by atoms with E-state index in [0.29, 0.717) is 5.69 Å². The first kappa shape index (κ1) is 15.4. The van der Waals surface area contributed by atoms with E-state index in [2.05, 4.69) is 5.32 Å². The summed E-state index contributed by atoms with van der Waals surface area (Å²) in [6.45, 7) is 0.942. The second-order valence-electron chi connectivity index (χ2n) is 5.42. The summed E-state index contributed by atoms with van der Waals surface area (Å²) < 4.78 is 37.5. The van der Waals surface area contributed by atoms with Crippen molar-refractivity contribution >= 4 is 17.3 Å². The molecule has 23 heavy (non-hydrogen) atoms. The number of halogens is 3. The largest absolute Gasteiger partial charge is 0.416 e. The normalized spacial score (nSPS) is 13.8. The van der Waals surface area contributed by atoms with Gasteiger partial charge in [-0.15, -0.1) is 0 Å². The maximum absolute atomic E-state index is 12.5. The molecule has 0 saturated carbocycles. The molecule has 6 heteroatoms. The number of carbonyl (C=O) groups excluding carboxylic acids is 1. The summed E-state index contributed by atoms with van der Waals surface area (Å²) in [6.07, 6.45) is -3.48. The number of para-hydroxylation sites is 1. The number of carbonyl (C=O) groups is 1. The van der Waals surface area contributed by atoms with Crippen LogP contribution in [-0.2, 0) is 17.4 Å². The Kier molecular flexibility index (Phi) is 3.98. The minimum atomic E-state index is -4.37. The van der Waals surface area contributed by atoms with Crippen molar-refractivity contribution in [2.75, 3.05) is 23.3 Å². The van der Waals surface area contributed by atoms with Gasteiger partial charge in [0, 0.05) is 17.9 Å². The molecule has 2 aromatic rings. The van der Waals surface area contributed by atoms with Gasteiger partial charge in [0.1, 0.15) is 0 Å². The van der Waals surface area contributed by atoms with Gasteiger partial charge < -0.3 is 10.2 Å². The average Bonchev–Trinajstić information content (AvgIpc) is 2.90. The molecule has 1 amide bonds. The second kappa shape index (κ2) is 5.95. The number of anilines is 2. The Balaban J connectivity index is 1.62. The van der Waals surface area contributed by atoms with Crippen LogP contribution in [0.2, 0.25) is 0 Å². The lowest BCUT2D eigenvalue weighted by atomic mass is 10.2. The Morgan fingerprint density at radius 1 is 1.09 bits per heavy atom. The highest BCUT2D eigenvalue weighted by Gasteiger charge is 2.30. The average molecular weight is 320 g/mol. The van der Waals surface area contributed by atoms with Crippen LogP contribution in [0.1, 0.15) is 11.1 Å². The fourth-order valence-electron chi connectivity index (χ4n) is 2.69. The van der Waals surface area contributed by atoms with Gasteiger partial charge in [-0.2, -0.15) is 13.2 Å². The van der Waals surface area contributed by atoms with E-state index in [-0.39, 0.29) is 12.5 Å². The molecule has 0 aliphatic carbocycles. The van der Waals surface area contributed by atoms with E-state index in [1.54, 1.807) is 0 Å². The zero-order chi connectivity index (χ0) is 16.4. The van der Waals surface area contributed by atoms with E-state index < -0.39 is 11.7 Å². The van der Waals surface area contributed by atoms with Crippen LogP contribution in [0.3, 0.4) is 0 Å². The van der Waals surface area contributed by atoms with Crippen LogP contribution < -0.4 is 10.2 Å². The number of rotatable bonds is 3. The fraction of sp³-hybridized carbons (Fsp3) is 0.235. The summed E-state index contributed by atoms with van der Waals surface area (Å²) in [4.78, 5) is 14.1. The molecule has 0 atom stereocenters. The smallest absolute Gasteiger partial charge is 0.362 e. The summed E-state index contributed by atoms with van der Waals surface area (Å²) in [5.74, 6) is -0.249. The molecule has 120 valence electrons. The van der Waals surface area contributed by atoms with Crippen LogP contribution >= 0.6 is 0 Å². The number of fused-ring (bicyclic) bond motifs is 1. The quantitative estimate of drug-likeness (QED) is 0.935. The number of benzene rings is 2. The van der Waals surface area contributed by atoms with Crippen LogP contribution in [0.15, 0.2) is 48.5 Å². The van der Waals surface area contributed by atoms with E-state index in [1.165, 1.54) is 17.7 Å². The number of nitrogens with zero attached hydrogens (tertiary/aromatic N) is 1. The molecule has 1 heterocycles. The lowest BCUT2D eigenvalue weighted by molar-refractivity contribution is -0.137. The summed E-state index contributed by atoms with van der Waals surface area (Å²) in [5, 5.41) is 2.63. The zero-order valence-electron chi connectivity index (χ0n) is 12.2. The molecule has 3 nitrogen and oxygen atoms in total. The highest BCUT2D eigenvalue weighted by atomic mass is 19.4. The number of amides is 1. The van der Waals surface area contributed by atoms with E-state index in [0.717, 1.165) is 30.8 Å². The molecule has 1 aliphatic heterocycles. The summed E-state index contributed by atoms with van der Waals surface area (Å²) in [5.41, 5.74) is 1.87. The monoisotopic (exact) mass is 320 g/mol. The topological polar surface area (TPSA) is 32.3 Å². The standard InChI is InChI=1S/C17H15F3N2O/c18-17(19,20)13-5-7-14(8-6-13)21-16(23)11-22-10-9-12-3-1-2-4-15(12)22/h1-8H,9-11H2,(H,21,23). The minimum absolute atomic E-state index is 0.179. The third kappa shape index (κ3) is 3.47. The van der Waals surface area contributed by atoms with Gasteiger partial charge in [0.25, 0.3) is 0 Å². The Labute approximate surface area is 131 Å². The van der Waals surface area contributed by atoms with Crippen molar-refractivity contribution < 1.29 is 18.0 Å². The van der Waals surface area contributed by atoms with Crippen molar-refractivity contribution in [2.24, 2.45) is 0 Å². The molecule has 1 N–H and O–H groups in total. The minimum Gasteiger partial charge on any atom is -0.362 e. The number of hydrogen-bond donors (Lipinski definition) is 1. The maximum atomic E-state index is 12.5. The predicted octanol–water partition coefficient (Wildman–Crippen LogP) is 3.71. The number of alkyl halides is 3. The molecule has 0 bridgehead atoms. The van der Waals surface area contributed by atoms with Crippen LogP contribution in [0.5, 0.6) is 0 Å². The van der Waals surface area contributed by atoms with E-state index in [1.807, 2.05) is 29.2 Å². The molecule has 0 unspecified atom stereocenters. The molecular weight excluding hydrogens is 305 g/mol. The molecule has 0 spiro atoms. The Bertz CT molecular complexity index is 711. The van der Waals surface area contributed by atoms with Gasteiger partial charge in [0.2, 0.25) is 5.91 Å². The first-order valence-corrected chi connectivity index (χ1v) is 7.23. The Hall–Kier alpha value is -2.50. The summed E-state index contributed by atoms with van der Waals surface area (Å²) >= 11 is 0. The van der Waals surface area contributed by atoms with Gasteiger partial charge >= 0.3 is 6.18 Å². The molecular formula is C17H15F3N2O. The van der Waals surface area contributed by atoms with Gasteiger partial charge in [-0.3, -0.25) is 4.79 Å². The van der Waals surface area contributed by atoms with Crippen LogP contribution in [0, 0.1) is 0 Å². The molecule has 0 fully saturated rings. The van der Waals surface area contributed by atoms with Crippen LogP contribution in [-0.4, -0.2) is 19.0 Å². The van der Waals surface area contributed by atoms with Gasteiger partial charge in [-0.25, -0.2) is 0 Å². The number of nitrogens with one attached hydrogen (secondary N) is 1. The zero-order valence-corrected chi connectivity index (χ0v) is 12.2. The van der Waals surface area contributed by atoms with Crippen molar-refractivity contribution in [3.8, 4) is 0 Å². The third-order valence-corrected chi connectivity index (χ3v) is 3.81. The van der Waals surface area contributed by atoms with Crippen molar-refractivity contribution in [1.82, 2.24) is 0 Å². The molecule has 3 rings (SSSR count). The van der Waals surface area contributed by atoms with E-state index >= 15 is 0 Å². The van der Waals surface area contributed by atoms with Crippen molar-refractivity contribution in [2.45, 2.75) is 12.6 Å². The SMILES string of the molecule is O=C(CN1CCc2ccccc21)Nc1ccc(C(F)(F)F)cc1. The molecule has 2 aromatic carbocycles. The lowest BCUT2D eigenvalue weighted by Gasteiger charge is -2.18. The summed E-state index contributed by atoms with van der Waals surface area (Å²) in [7, 11) is 0. The molecule has 0 radical (unpaired) electrons. The van der Waals surface area contributed by atoms with Crippen LogP contribution in [0.25, 0.3) is 0 Å². The third-order valence-electron chi connectivity index (χ3n) is 3.81. The highest BCUT2D eigenvalue weighted by Crippen LogP contribution is 2.30. The van der Waals surface area contributed by atoms with Crippen molar-refractivity contribution in [3.63, 3.8) is 0 Å². The van der Waals surface area contributed by atoms with Gasteiger partial charge in [-0.1, -0.05) is 18.2 Å². The first-order chi connectivity index (χ1) is 10.9. The molecule has 1 aliphatic rings. The van der Waals surface area contributed by atoms with E-state index in [4.69, 9.17) is 0 Å². The van der Waals surface area contributed by atoms with Gasteiger partial charge in [0.15, 0.2) is 0 Å². The first-order valence-electron chi connectivity index (χ1n) is 7.23. The highest BCUT2D eigenvalue weighted by molar-refractivity contribution is 5.94. The molecule has 0 saturated heterocycles. The fourth-order valence-corrected chi connectivity index (χ4v) is 2.69. The molecule has 0 aromatic heterocycles. The Morgan fingerprint density at radius 3 is 2.48 bits per heavy atom.